The number of unbranched alkanes of at least 4 members (excludes halogenated alkanes) is 9. The van der Waals surface area contributed by atoms with Gasteiger partial charge in [0.25, 0.3) is 0 Å². The molecule has 0 aliphatic carbocycles. The lowest BCUT2D eigenvalue weighted by Crippen LogP contribution is -2.59. The highest BCUT2D eigenvalue weighted by molar-refractivity contribution is 4.88. The second-order valence-corrected chi connectivity index (χ2v) is 7.01. The normalized spacial score (nSPS) is 29.9. The van der Waals surface area contributed by atoms with E-state index in [1.807, 2.05) is 0 Å². The molecule has 6 nitrogen and oxygen atoms in total. The average Bonchev–Trinajstić information content (AvgIpc) is 2.62. The van der Waals surface area contributed by atoms with Gasteiger partial charge in [0.15, 0.2) is 6.29 Å². The van der Waals surface area contributed by atoms with Gasteiger partial charge in [-0.05, 0) is 6.42 Å². The molecule has 0 amide bonds. The predicted octanol–water partition coefficient (Wildman–Crippen LogP) is 2.38. The first-order chi connectivity index (χ1) is 12.1. The molecule has 0 spiro atoms. The molecule has 150 valence electrons. The summed E-state index contributed by atoms with van der Waals surface area (Å²) in [6.45, 7) is 3.03. The quantitative estimate of drug-likeness (QED) is 0.411. The van der Waals surface area contributed by atoms with Crippen molar-refractivity contribution in [2.24, 2.45) is 0 Å². The third kappa shape index (κ3) is 8.80. The zero-order valence-corrected chi connectivity index (χ0v) is 15.9. The van der Waals surface area contributed by atoms with Crippen LogP contribution in [0, 0.1) is 0 Å². The van der Waals surface area contributed by atoms with Gasteiger partial charge >= 0.3 is 0 Å². The van der Waals surface area contributed by atoms with E-state index in [9.17, 15) is 15.3 Å². The van der Waals surface area contributed by atoms with Gasteiger partial charge in [0.2, 0.25) is 0 Å². The Bertz CT molecular complexity index is 312. The van der Waals surface area contributed by atoms with Gasteiger partial charge in [0.05, 0.1) is 6.61 Å². The molecule has 1 aliphatic heterocycles. The van der Waals surface area contributed by atoms with Crippen molar-refractivity contribution in [3.05, 3.63) is 0 Å². The Kier molecular flexibility index (Phi) is 12.7. The topological polar surface area (TPSA) is 88.4 Å². The van der Waals surface area contributed by atoms with Crippen molar-refractivity contribution < 1.29 is 29.5 Å². The van der Waals surface area contributed by atoms with E-state index >= 15 is 0 Å². The first-order valence-electron chi connectivity index (χ1n) is 9.92. The fraction of sp³-hybridized carbons (Fsp3) is 1.00. The van der Waals surface area contributed by atoms with Gasteiger partial charge in [-0.2, -0.15) is 0 Å². The molecule has 1 aliphatic rings. The Labute approximate surface area is 152 Å². The van der Waals surface area contributed by atoms with Crippen LogP contribution in [0.4, 0.5) is 0 Å². The second kappa shape index (κ2) is 13.9. The summed E-state index contributed by atoms with van der Waals surface area (Å²) in [6.07, 6.45) is 7.38. The molecule has 1 rings (SSSR count). The van der Waals surface area contributed by atoms with E-state index in [2.05, 4.69) is 6.92 Å². The molecule has 25 heavy (non-hydrogen) atoms. The SMILES string of the molecule is CCCCCCCCCCCCOCC1O[C@H](OC)C(O)C(O)[C@@H]1O. The van der Waals surface area contributed by atoms with E-state index in [1.54, 1.807) is 0 Å². The first kappa shape index (κ1) is 22.8. The zero-order chi connectivity index (χ0) is 18.5. The van der Waals surface area contributed by atoms with Crippen LogP contribution >= 0.6 is 0 Å². The van der Waals surface area contributed by atoms with Crippen molar-refractivity contribution in [1.82, 2.24) is 0 Å². The molecule has 3 unspecified atom stereocenters. The van der Waals surface area contributed by atoms with Crippen molar-refractivity contribution in [2.75, 3.05) is 20.3 Å². The maximum atomic E-state index is 9.93. The van der Waals surface area contributed by atoms with E-state index in [0.29, 0.717) is 6.61 Å². The van der Waals surface area contributed by atoms with Crippen molar-refractivity contribution in [3.63, 3.8) is 0 Å². The Balaban J connectivity index is 1.99. The molecule has 1 saturated heterocycles. The Morgan fingerprint density at radius 1 is 0.760 bits per heavy atom. The minimum Gasteiger partial charge on any atom is -0.387 e. The van der Waals surface area contributed by atoms with Gasteiger partial charge in [-0.1, -0.05) is 64.7 Å². The highest BCUT2D eigenvalue weighted by atomic mass is 16.7. The van der Waals surface area contributed by atoms with Crippen molar-refractivity contribution in [3.8, 4) is 0 Å². The van der Waals surface area contributed by atoms with Crippen LogP contribution in [0.15, 0.2) is 0 Å². The molecular weight excluding hydrogens is 324 g/mol. The minimum atomic E-state index is -1.29. The Morgan fingerprint density at radius 3 is 1.88 bits per heavy atom. The van der Waals surface area contributed by atoms with Crippen molar-refractivity contribution >= 4 is 0 Å². The summed E-state index contributed by atoms with van der Waals surface area (Å²) in [6, 6.07) is 0. The van der Waals surface area contributed by atoms with Crippen molar-refractivity contribution in [1.29, 1.82) is 0 Å². The predicted molar refractivity (Wildman–Crippen MR) is 96.4 cm³/mol. The zero-order valence-electron chi connectivity index (χ0n) is 15.9. The van der Waals surface area contributed by atoms with Crippen molar-refractivity contribution in [2.45, 2.75) is 102 Å². The van der Waals surface area contributed by atoms with E-state index < -0.39 is 30.7 Å². The van der Waals surface area contributed by atoms with E-state index in [4.69, 9.17) is 14.2 Å². The third-order valence-corrected chi connectivity index (χ3v) is 4.83. The van der Waals surface area contributed by atoms with Crippen LogP contribution in [0.5, 0.6) is 0 Å². The van der Waals surface area contributed by atoms with Crippen LogP contribution in [0.3, 0.4) is 0 Å². The molecule has 0 bridgehead atoms. The van der Waals surface area contributed by atoms with Gasteiger partial charge in [0.1, 0.15) is 24.4 Å². The summed E-state index contributed by atoms with van der Waals surface area (Å²) in [5, 5.41) is 29.4. The molecule has 3 N–H and O–H groups in total. The maximum absolute atomic E-state index is 9.93. The fourth-order valence-corrected chi connectivity index (χ4v) is 3.14. The minimum absolute atomic E-state index is 0.183. The number of hydrogen-bond acceptors (Lipinski definition) is 6. The van der Waals surface area contributed by atoms with Gasteiger partial charge in [0, 0.05) is 13.7 Å². The molecule has 0 aromatic rings. The standard InChI is InChI=1S/C19H38O6/c1-3-4-5-6-7-8-9-10-11-12-13-24-14-15-16(20)17(21)18(22)19(23-2)25-15/h15-22H,3-14H2,1-2H3/t15?,16-,17?,18?,19+/m1/s1. The number of ether oxygens (including phenoxy) is 3. The molecule has 0 aromatic heterocycles. The largest absolute Gasteiger partial charge is 0.387 e. The maximum Gasteiger partial charge on any atom is 0.186 e. The first-order valence-corrected chi connectivity index (χ1v) is 9.92. The highest BCUT2D eigenvalue weighted by Crippen LogP contribution is 2.22. The van der Waals surface area contributed by atoms with Gasteiger partial charge < -0.3 is 29.5 Å². The average molecular weight is 363 g/mol. The van der Waals surface area contributed by atoms with Crippen LogP contribution in [-0.2, 0) is 14.2 Å². The smallest absolute Gasteiger partial charge is 0.186 e. The molecular formula is C19H38O6. The summed E-state index contributed by atoms with van der Waals surface area (Å²) in [5.41, 5.74) is 0. The highest BCUT2D eigenvalue weighted by Gasteiger charge is 2.43. The summed E-state index contributed by atoms with van der Waals surface area (Å²) >= 11 is 0. The fourth-order valence-electron chi connectivity index (χ4n) is 3.14. The lowest BCUT2D eigenvalue weighted by molar-refractivity contribution is -0.296. The monoisotopic (exact) mass is 362 g/mol. The van der Waals surface area contributed by atoms with Gasteiger partial charge in [-0.25, -0.2) is 0 Å². The lowest BCUT2D eigenvalue weighted by Gasteiger charge is -2.39. The van der Waals surface area contributed by atoms with Gasteiger partial charge in [-0.3, -0.25) is 0 Å². The van der Waals surface area contributed by atoms with E-state index in [1.165, 1.54) is 58.5 Å². The number of aliphatic hydroxyl groups is 3. The van der Waals surface area contributed by atoms with Gasteiger partial charge in [-0.15, -0.1) is 0 Å². The summed E-state index contributed by atoms with van der Waals surface area (Å²) < 4.78 is 15.9. The van der Waals surface area contributed by atoms with Crippen LogP contribution in [0.1, 0.15) is 71.1 Å². The van der Waals surface area contributed by atoms with E-state index in [-0.39, 0.29) is 6.61 Å². The van der Waals surface area contributed by atoms with Crippen LogP contribution in [0.2, 0.25) is 0 Å². The molecule has 6 heteroatoms. The molecule has 0 aromatic carbocycles. The Hall–Kier alpha value is -0.240. The summed E-state index contributed by atoms with van der Waals surface area (Å²) in [4.78, 5) is 0. The van der Waals surface area contributed by atoms with Crippen LogP contribution in [0.25, 0.3) is 0 Å². The van der Waals surface area contributed by atoms with E-state index in [0.717, 1.165) is 12.8 Å². The summed E-state index contributed by atoms with van der Waals surface area (Å²) in [5.74, 6) is 0. The second-order valence-electron chi connectivity index (χ2n) is 7.01. The lowest BCUT2D eigenvalue weighted by atomic mass is 9.99. The molecule has 0 radical (unpaired) electrons. The molecule has 5 atom stereocenters. The molecule has 1 fully saturated rings. The van der Waals surface area contributed by atoms with Crippen LogP contribution in [-0.4, -0.2) is 66.3 Å². The Morgan fingerprint density at radius 2 is 1.32 bits per heavy atom. The summed E-state index contributed by atoms with van der Waals surface area (Å²) in [7, 11) is 1.39. The van der Waals surface area contributed by atoms with Crippen LogP contribution < -0.4 is 0 Å². The third-order valence-electron chi connectivity index (χ3n) is 4.83. The molecule has 1 heterocycles. The number of rotatable bonds is 14. The number of methoxy groups -OCH3 is 1. The molecule has 0 saturated carbocycles. The number of hydrogen-bond donors (Lipinski definition) is 3. The number of aliphatic hydroxyl groups excluding tert-OH is 3.